The second kappa shape index (κ2) is 6.35. The molecule has 1 aromatic rings. The van der Waals surface area contributed by atoms with Crippen LogP contribution in [0.5, 0.6) is 0 Å². The Morgan fingerprint density at radius 3 is 2.80 bits per heavy atom. The SMILES string of the molecule is CCOCCNc1cc(CC)nc(C)n1. The third-order valence-electron chi connectivity index (χ3n) is 2.01. The zero-order valence-corrected chi connectivity index (χ0v) is 9.71. The number of nitrogens with one attached hydrogen (secondary N) is 1. The summed E-state index contributed by atoms with van der Waals surface area (Å²) in [5, 5.41) is 3.22. The Morgan fingerprint density at radius 1 is 1.33 bits per heavy atom. The van der Waals surface area contributed by atoms with Crippen molar-refractivity contribution < 1.29 is 4.74 Å². The van der Waals surface area contributed by atoms with Gasteiger partial charge >= 0.3 is 0 Å². The summed E-state index contributed by atoms with van der Waals surface area (Å²) in [5.74, 6) is 1.70. The number of hydrogen-bond donors (Lipinski definition) is 1. The summed E-state index contributed by atoms with van der Waals surface area (Å²) in [6.45, 7) is 8.24. The van der Waals surface area contributed by atoms with E-state index in [1.165, 1.54) is 0 Å². The van der Waals surface area contributed by atoms with Crippen LogP contribution in [0.3, 0.4) is 0 Å². The molecule has 4 heteroatoms. The highest BCUT2D eigenvalue weighted by atomic mass is 16.5. The summed E-state index contributed by atoms with van der Waals surface area (Å²) in [4.78, 5) is 8.62. The topological polar surface area (TPSA) is 47.0 Å². The van der Waals surface area contributed by atoms with E-state index in [0.717, 1.165) is 36.9 Å². The molecule has 0 radical (unpaired) electrons. The lowest BCUT2D eigenvalue weighted by Crippen LogP contribution is -2.11. The van der Waals surface area contributed by atoms with E-state index < -0.39 is 0 Å². The Kier molecular flexibility index (Phi) is 5.04. The molecule has 1 rings (SSSR count). The summed E-state index contributed by atoms with van der Waals surface area (Å²) in [5.41, 5.74) is 1.07. The van der Waals surface area contributed by atoms with Gasteiger partial charge in [-0.2, -0.15) is 0 Å². The van der Waals surface area contributed by atoms with E-state index in [2.05, 4.69) is 22.2 Å². The Morgan fingerprint density at radius 2 is 2.13 bits per heavy atom. The molecular weight excluding hydrogens is 190 g/mol. The molecule has 1 heterocycles. The van der Waals surface area contributed by atoms with Crippen LogP contribution in [0, 0.1) is 6.92 Å². The van der Waals surface area contributed by atoms with Crippen LogP contribution < -0.4 is 5.32 Å². The second-order valence-corrected chi connectivity index (χ2v) is 3.27. The molecule has 0 saturated carbocycles. The maximum Gasteiger partial charge on any atom is 0.130 e. The number of anilines is 1. The molecule has 0 aliphatic heterocycles. The molecule has 1 aromatic heterocycles. The van der Waals surface area contributed by atoms with E-state index in [-0.39, 0.29) is 0 Å². The first-order chi connectivity index (χ1) is 7.26. The van der Waals surface area contributed by atoms with E-state index in [9.17, 15) is 0 Å². The van der Waals surface area contributed by atoms with Gasteiger partial charge < -0.3 is 10.1 Å². The summed E-state index contributed by atoms with van der Waals surface area (Å²) >= 11 is 0. The van der Waals surface area contributed by atoms with Gasteiger partial charge in [-0.3, -0.25) is 0 Å². The molecule has 1 N–H and O–H groups in total. The van der Waals surface area contributed by atoms with Crippen molar-refractivity contribution in [3.8, 4) is 0 Å². The quantitative estimate of drug-likeness (QED) is 0.726. The van der Waals surface area contributed by atoms with Crippen LogP contribution >= 0.6 is 0 Å². The Bertz CT molecular complexity index is 302. The summed E-state index contributed by atoms with van der Waals surface area (Å²) in [7, 11) is 0. The van der Waals surface area contributed by atoms with E-state index >= 15 is 0 Å². The minimum atomic E-state index is 0.709. The van der Waals surface area contributed by atoms with Crippen molar-refractivity contribution in [2.75, 3.05) is 25.1 Å². The molecule has 0 aliphatic carbocycles. The van der Waals surface area contributed by atoms with Gasteiger partial charge in [-0.25, -0.2) is 9.97 Å². The first-order valence-corrected chi connectivity index (χ1v) is 5.42. The Hall–Kier alpha value is -1.16. The first-order valence-electron chi connectivity index (χ1n) is 5.42. The van der Waals surface area contributed by atoms with Gasteiger partial charge in [-0.05, 0) is 20.3 Å². The maximum absolute atomic E-state index is 5.24. The van der Waals surface area contributed by atoms with Crippen LogP contribution in [0.2, 0.25) is 0 Å². The smallest absolute Gasteiger partial charge is 0.130 e. The van der Waals surface area contributed by atoms with Crippen LogP contribution in [0.15, 0.2) is 6.07 Å². The van der Waals surface area contributed by atoms with Crippen LogP contribution in [-0.2, 0) is 11.2 Å². The number of ether oxygens (including phenoxy) is 1. The van der Waals surface area contributed by atoms with Gasteiger partial charge in [0.2, 0.25) is 0 Å². The van der Waals surface area contributed by atoms with E-state index in [1.807, 2.05) is 19.9 Å². The predicted octanol–water partition coefficient (Wildman–Crippen LogP) is 1.80. The van der Waals surface area contributed by atoms with Gasteiger partial charge in [-0.1, -0.05) is 6.92 Å². The lowest BCUT2D eigenvalue weighted by Gasteiger charge is -2.07. The minimum Gasteiger partial charge on any atom is -0.380 e. The van der Waals surface area contributed by atoms with E-state index in [1.54, 1.807) is 0 Å². The van der Waals surface area contributed by atoms with Gasteiger partial charge in [0.15, 0.2) is 0 Å². The van der Waals surface area contributed by atoms with Crippen LogP contribution in [-0.4, -0.2) is 29.7 Å². The third kappa shape index (κ3) is 4.25. The lowest BCUT2D eigenvalue weighted by molar-refractivity contribution is 0.158. The van der Waals surface area contributed by atoms with Crippen molar-refractivity contribution in [2.24, 2.45) is 0 Å². The number of hydrogen-bond acceptors (Lipinski definition) is 4. The second-order valence-electron chi connectivity index (χ2n) is 3.27. The standard InChI is InChI=1S/C11H19N3O/c1-4-10-8-11(14-9(3)13-10)12-6-7-15-5-2/h8H,4-7H2,1-3H3,(H,12,13,14). The molecule has 0 bridgehead atoms. The Labute approximate surface area is 91.1 Å². The van der Waals surface area contributed by atoms with Gasteiger partial charge in [0.25, 0.3) is 0 Å². The summed E-state index contributed by atoms with van der Waals surface area (Å²) < 4.78 is 5.24. The highest BCUT2D eigenvalue weighted by Gasteiger charge is 1.99. The molecule has 0 spiro atoms. The van der Waals surface area contributed by atoms with Crippen molar-refractivity contribution in [3.63, 3.8) is 0 Å². The first kappa shape index (κ1) is 11.9. The highest BCUT2D eigenvalue weighted by molar-refractivity contribution is 5.35. The van der Waals surface area contributed by atoms with Crippen LogP contribution in [0.1, 0.15) is 25.4 Å². The number of aromatic nitrogens is 2. The van der Waals surface area contributed by atoms with Crippen LogP contribution in [0.4, 0.5) is 5.82 Å². The van der Waals surface area contributed by atoms with Gasteiger partial charge in [0.05, 0.1) is 6.61 Å². The molecule has 0 unspecified atom stereocenters. The molecule has 0 aliphatic rings. The van der Waals surface area contributed by atoms with E-state index in [0.29, 0.717) is 6.61 Å². The fourth-order valence-corrected chi connectivity index (χ4v) is 1.30. The van der Waals surface area contributed by atoms with Crippen molar-refractivity contribution in [1.29, 1.82) is 0 Å². The zero-order chi connectivity index (χ0) is 11.1. The summed E-state index contributed by atoms with van der Waals surface area (Å²) in [6.07, 6.45) is 0.934. The molecule has 84 valence electrons. The van der Waals surface area contributed by atoms with Crippen molar-refractivity contribution in [3.05, 3.63) is 17.6 Å². The molecule has 0 fully saturated rings. The van der Waals surface area contributed by atoms with Gasteiger partial charge in [-0.15, -0.1) is 0 Å². The molecule has 15 heavy (non-hydrogen) atoms. The molecule has 0 saturated heterocycles. The largest absolute Gasteiger partial charge is 0.380 e. The van der Waals surface area contributed by atoms with Crippen molar-refractivity contribution >= 4 is 5.82 Å². The number of nitrogens with zero attached hydrogens (tertiary/aromatic N) is 2. The average molecular weight is 209 g/mol. The Balaban J connectivity index is 2.49. The van der Waals surface area contributed by atoms with E-state index in [4.69, 9.17) is 4.74 Å². The van der Waals surface area contributed by atoms with Crippen LogP contribution in [0.25, 0.3) is 0 Å². The summed E-state index contributed by atoms with van der Waals surface area (Å²) in [6, 6.07) is 1.99. The predicted molar refractivity (Wildman–Crippen MR) is 61.1 cm³/mol. The number of rotatable bonds is 6. The molecular formula is C11H19N3O. The molecule has 0 aromatic carbocycles. The molecule has 0 atom stereocenters. The van der Waals surface area contributed by atoms with Gasteiger partial charge in [0, 0.05) is 24.9 Å². The fourth-order valence-electron chi connectivity index (χ4n) is 1.30. The normalized spacial score (nSPS) is 10.3. The fraction of sp³-hybridized carbons (Fsp3) is 0.636. The maximum atomic E-state index is 5.24. The van der Waals surface area contributed by atoms with Gasteiger partial charge in [0.1, 0.15) is 11.6 Å². The van der Waals surface area contributed by atoms with Crippen molar-refractivity contribution in [2.45, 2.75) is 27.2 Å². The highest BCUT2D eigenvalue weighted by Crippen LogP contribution is 2.06. The lowest BCUT2D eigenvalue weighted by atomic mass is 10.3. The molecule has 4 nitrogen and oxygen atoms in total. The van der Waals surface area contributed by atoms with Crippen molar-refractivity contribution in [1.82, 2.24) is 9.97 Å². The zero-order valence-electron chi connectivity index (χ0n) is 9.71. The number of aryl methyl sites for hydroxylation is 2. The minimum absolute atomic E-state index is 0.709. The molecule has 0 amide bonds. The average Bonchev–Trinajstić information content (AvgIpc) is 2.23. The monoisotopic (exact) mass is 209 g/mol. The third-order valence-corrected chi connectivity index (χ3v) is 2.01.